The van der Waals surface area contributed by atoms with Crippen LogP contribution >= 0.6 is 0 Å². The van der Waals surface area contributed by atoms with E-state index in [-0.39, 0.29) is 12.0 Å². The summed E-state index contributed by atoms with van der Waals surface area (Å²) in [5, 5.41) is 10.8. The minimum absolute atomic E-state index is 0.245. The molecule has 2 fully saturated rings. The predicted octanol–water partition coefficient (Wildman–Crippen LogP) is 3.19. The monoisotopic (exact) mass is 384 g/mol. The minimum atomic E-state index is -0.297. The van der Waals surface area contributed by atoms with Gasteiger partial charge in [-0.15, -0.1) is 0 Å². The molecule has 1 atom stereocenters. The number of aliphatic hydroxyl groups excluding tert-OH is 1. The van der Waals surface area contributed by atoms with Crippen LogP contribution in [0, 0.1) is 5.92 Å². The smallest absolute Gasteiger partial charge is 0.222 e. The molecule has 154 valence electrons. The van der Waals surface area contributed by atoms with E-state index in [1.807, 2.05) is 11.8 Å². The Morgan fingerprint density at radius 3 is 2.43 bits per heavy atom. The lowest BCUT2D eigenvalue weighted by Gasteiger charge is -2.36. The molecule has 1 aliphatic carbocycles. The molecule has 1 N–H and O–H groups in total. The van der Waals surface area contributed by atoms with Crippen LogP contribution in [0.4, 0.5) is 0 Å². The first-order valence-electron chi connectivity index (χ1n) is 11.4. The van der Waals surface area contributed by atoms with Gasteiger partial charge in [-0.05, 0) is 67.6 Å². The summed E-state index contributed by atoms with van der Waals surface area (Å²) in [7, 11) is 0. The van der Waals surface area contributed by atoms with Gasteiger partial charge in [-0.25, -0.2) is 0 Å². The largest absolute Gasteiger partial charge is 0.392 e. The van der Waals surface area contributed by atoms with Crippen molar-refractivity contribution >= 4 is 5.91 Å². The molecule has 3 aliphatic rings. The number of hydrogen-bond donors (Lipinski definition) is 1. The number of carbonyl (C=O) groups is 1. The fourth-order valence-corrected chi connectivity index (χ4v) is 5.21. The normalized spacial score (nSPS) is 23.0. The van der Waals surface area contributed by atoms with Gasteiger partial charge in [-0.2, -0.15) is 0 Å². The number of carbonyl (C=O) groups excluding carboxylic acids is 1. The molecule has 0 radical (unpaired) electrons. The second-order valence-electron chi connectivity index (χ2n) is 9.07. The van der Waals surface area contributed by atoms with E-state index in [1.165, 1.54) is 55.5 Å². The maximum Gasteiger partial charge on any atom is 0.222 e. The lowest BCUT2D eigenvalue weighted by atomic mass is 9.87. The third kappa shape index (κ3) is 4.44. The molecule has 1 saturated heterocycles. The second kappa shape index (κ2) is 8.96. The van der Waals surface area contributed by atoms with Gasteiger partial charge >= 0.3 is 0 Å². The topological polar surface area (TPSA) is 43.8 Å². The van der Waals surface area contributed by atoms with Crippen LogP contribution in [0.15, 0.2) is 18.2 Å². The molecule has 2 heterocycles. The molecule has 1 amide bonds. The van der Waals surface area contributed by atoms with Crippen molar-refractivity contribution in [2.75, 3.05) is 26.2 Å². The van der Waals surface area contributed by atoms with Crippen molar-refractivity contribution in [3.63, 3.8) is 0 Å². The number of nitrogens with zero attached hydrogens (tertiary/aromatic N) is 2. The molecule has 1 aromatic rings. The summed E-state index contributed by atoms with van der Waals surface area (Å²) in [4.78, 5) is 16.5. The molecular weight excluding hydrogens is 348 g/mol. The number of piperidine rings is 1. The van der Waals surface area contributed by atoms with Crippen molar-refractivity contribution in [1.82, 2.24) is 9.80 Å². The molecule has 0 bridgehead atoms. The van der Waals surface area contributed by atoms with Crippen molar-refractivity contribution in [2.24, 2.45) is 5.92 Å². The number of rotatable bonds is 5. The Labute approximate surface area is 169 Å². The molecule has 4 heteroatoms. The maximum atomic E-state index is 11.8. The van der Waals surface area contributed by atoms with Crippen LogP contribution in [0.3, 0.4) is 0 Å². The van der Waals surface area contributed by atoms with Crippen LogP contribution < -0.4 is 0 Å². The predicted molar refractivity (Wildman–Crippen MR) is 112 cm³/mol. The number of likely N-dealkylation sites (tertiary alicyclic amines) is 1. The van der Waals surface area contributed by atoms with Crippen LogP contribution in [0.1, 0.15) is 62.1 Å². The molecule has 2 aliphatic heterocycles. The van der Waals surface area contributed by atoms with Gasteiger partial charge in [-0.1, -0.05) is 31.5 Å². The molecule has 28 heavy (non-hydrogen) atoms. The quantitative estimate of drug-likeness (QED) is 0.848. The Balaban J connectivity index is 1.32. The zero-order chi connectivity index (χ0) is 19.5. The first-order chi connectivity index (χ1) is 13.6. The van der Waals surface area contributed by atoms with Crippen LogP contribution in [0.2, 0.25) is 0 Å². The van der Waals surface area contributed by atoms with Gasteiger partial charge in [0.25, 0.3) is 0 Å². The van der Waals surface area contributed by atoms with E-state index in [4.69, 9.17) is 0 Å². The Hall–Kier alpha value is -1.39. The molecule has 1 unspecified atom stereocenters. The Kier molecular flexibility index (Phi) is 6.37. The van der Waals surface area contributed by atoms with Crippen LogP contribution in [-0.2, 0) is 24.1 Å². The average Bonchev–Trinajstić information content (AvgIpc) is 2.88. The fraction of sp³-hybridized carbons (Fsp3) is 0.708. The van der Waals surface area contributed by atoms with Crippen molar-refractivity contribution in [3.8, 4) is 0 Å². The molecule has 0 aromatic heterocycles. The highest BCUT2D eigenvalue weighted by Gasteiger charge is 2.28. The van der Waals surface area contributed by atoms with Crippen LogP contribution in [0.5, 0.6) is 0 Å². The van der Waals surface area contributed by atoms with Gasteiger partial charge < -0.3 is 10.0 Å². The van der Waals surface area contributed by atoms with Crippen molar-refractivity contribution in [3.05, 3.63) is 34.9 Å². The Bertz CT molecular complexity index is 677. The molecule has 0 spiro atoms. The number of hydrogen-bond acceptors (Lipinski definition) is 3. The SMILES string of the molecule is CCC(=O)N1CCC(C(O)Cc2ccc3c(c2)CCN(C2CCC2)CC3)CC1. The van der Waals surface area contributed by atoms with Gasteiger partial charge in [0.1, 0.15) is 0 Å². The summed E-state index contributed by atoms with van der Waals surface area (Å²) in [5.41, 5.74) is 4.27. The van der Waals surface area contributed by atoms with Crippen LogP contribution in [-0.4, -0.2) is 59.1 Å². The minimum Gasteiger partial charge on any atom is -0.392 e. The summed E-state index contributed by atoms with van der Waals surface area (Å²) in [6.45, 7) is 5.92. The fourth-order valence-electron chi connectivity index (χ4n) is 5.21. The lowest BCUT2D eigenvalue weighted by molar-refractivity contribution is -0.132. The third-order valence-corrected chi connectivity index (χ3v) is 7.38. The van der Waals surface area contributed by atoms with E-state index in [1.54, 1.807) is 0 Å². The first-order valence-corrected chi connectivity index (χ1v) is 11.4. The van der Waals surface area contributed by atoms with Gasteiger partial charge in [0.05, 0.1) is 6.10 Å². The van der Waals surface area contributed by atoms with E-state index in [2.05, 4.69) is 23.1 Å². The highest BCUT2D eigenvalue weighted by molar-refractivity contribution is 5.75. The van der Waals surface area contributed by atoms with E-state index in [0.29, 0.717) is 12.3 Å². The molecule has 4 rings (SSSR count). The number of amides is 1. The van der Waals surface area contributed by atoms with Crippen molar-refractivity contribution < 1.29 is 9.90 Å². The molecule has 1 aromatic carbocycles. The summed E-state index contributed by atoms with van der Waals surface area (Å²) in [6.07, 6.45) is 9.37. The summed E-state index contributed by atoms with van der Waals surface area (Å²) >= 11 is 0. The Morgan fingerprint density at radius 1 is 1.07 bits per heavy atom. The van der Waals surface area contributed by atoms with E-state index in [9.17, 15) is 9.90 Å². The highest BCUT2D eigenvalue weighted by atomic mass is 16.3. The number of fused-ring (bicyclic) bond motifs is 1. The molecule has 1 saturated carbocycles. The van der Waals surface area contributed by atoms with Gasteiger partial charge in [0.15, 0.2) is 0 Å². The number of benzene rings is 1. The maximum absolute atomic E-state index is 11.8. The van der Waals surface area contributed by atoms with Crippen molar-refractivity contribution in [1.29, 1.82) is 0 Å². The first kappa shape index (κ1) is 19.9. The molecular formula is C24H36N2O2. The zero-order valence-corrected chi connectivity index (χ0v) is 17.4. The molecule has 4 nitrogen and oxygen atoms in total. The zero-order valence-electron chi connectivity index (χ0n) is 17.4. The average molecular weight is 385 g/mol. The van der Waals surface area contributed by atoms with E-state index in [0.717, 1.165) is 44.8 Å². The van der Waals surface area contributed by atoms with Crippen molar-refractivity contribution in [2.45, 2.75) is 76.9 Å². The summed E-state index contributed by atoms with van der Waals surface area (Å²) in [5.74, 6) is 0.559. The van der Waals surface area contributed by atoms with E-state index < -0.39 is 0 Å². The third-order valence-electron chi connectivity index (χ3n) is 7.38. The second-order valence-corrected chi connectivity index (χ2v) is 9.07. The van der Waals surface area contributed by atoms with Crippen LogP contribution in [0.25, 0.3) is 0 Å². The van der Waals surface area contributed by atoms with Gasteiger partial charge in [0.2, 0.25) is 5.91 Å². The Morgan fingerprint density at radius 2 is 1.79 bits per heavy atom. The van der Waals surface area contributed by atoms with Gasteiger partial charge in [-0.3, -0.25) is 9.69 Å². The lowest BCUT2D eigenvalue weighted by Crippen LogP contribution is -2.41. The summed E-state index contributed by atoms with van der Waals surface area (Å²) < 4.78 is 0. The van der Waals surface area contributed by atoms with Gasteiger partial charge in [0, 0.05) is 38.6 Å². The standard InChI is InChI=1S/C24H36N2O2/c1-2-24(28)26-14-9-20(10-15-26)23(27)17-18-6-7-19-8-12-25(22-4-3-5-22)13-11-21(19)16-18/h6-7,16,20,22-23,27H,2-5,8-15,17H2,1H3. The number of aliphatic hydroxyl groups is 1. The van der Waals surface area contributed by atoms with E-state index >= 15 is 0 Å². The summed E-state index contributed by atoms with van der Waals surface area (Å²) in [6, 6.07) is 7.74. The highest BCUT2D eigenvalue weighted by Crippen LogP contribution is 2.28.